The fourth-order valence-corrected chi connectivity index (χ4v) is 31.5. The van der Waals surface area contributed by atoms with Gasteiger partial charge in [-0.1, -0.05) is 76.3 Å². The predicted molar refractivity (Wildman–Crippen MR) is 536 cm³/mol. The average Bonchev–Trinajstić information content (AvgIpc) is 1.42. The number of rotatable bonds is 21. The van der Waals surface area contributed by atoms with Crippen LogP contribution >= 0.6 is 0 Å². The van der Waals surface area contributed by atoms with E-state index in [1.54, 1.807) is 11.8 Å². The Morgan fingerprint density at radius 1 is 0.312 bits per heavy atom. The second-order valence-electron chi connectivity index (χ2n) is 42.6. The first-order valence-corrected chi connectivity index (χ1v) is 59.2. The number of likely N-dealkylation sites (tertiary alicyclic amines) is 5. The molecule has 0 aromatic heterocycles. The van der Waals surface area contributed by atoms with Crippen molar-refractivity contribution in [3.8, 4) is 0 Å². The highest BCUT2D eigenvalue weighted by molar-refractivity contribution is 7.92. The Balaban J connectivity index is 0.000000110. The average molecular weight is 1990 g/mol. The molecule has 11 N–H and O–H groups in total. The minimum atomic E-state index is -3.74. The van der Waals surface area contributed by atoms with Gasteiger partial charge in [0.25, 0.3) is 0 Å². The number of sulfonamides is 5. The van der Waals surface area contributed by atoms with Crippen molar-refractivity contribution in [2.24, 2.45) is 11.8 Å². The number of amidine groups is 1. The standard InChI is InChI=1S/C22H31N3O3S.C21H29N3O3S.C20H27N3O4S.C20H29N3O3S.C18H24N4O3S/c26-22(23-21-19-10-4-6-15(19)12-16-7-5-11-20(16)21)24-29(27,28)18-13-25(14-18)17-8-2-1-3-9-17;25-21(23-28(26,27)17-12-24(13-17)16-7-1-2-8-16)22-20-18-9-3-5-14(18)11-15-6-4-10-19(15)20;24-20(22-28(25,26)16-9-23(10-16)8-13-11-27-12-13)21-19-17-5-1-3-14(17)7-15-4-2-6-18(15)19;1-13(2)10-23-11-16(12-23)27(25,26)22-20(24)21-19-17-7-3-5-14(17)9-15-6-4-8-18(15)19;1-11(19)22-9-14(10-22)26(24,25)21-18(23)20-17-15-6-2-4-12(15)8-13-5-3-7-16(13)17/h12,17-18H,1-11,13-14H2,(H2,23,24,26);11,16-17H,1-10,12-13H2,(H2,22,23,25);7,13,16H,1-6,8-12H2,(H2,21,22,24);9,13,16H,3-8,10-12H2,1-2H3,(H2,21,22,24);8,14,19H,2-7,9-10H2,1H3,(H2,20,21,23). The molecule has 0 atom stereocenters. The van der Waals surface area contributed by atoms with Crippen LogP contribution in [0.5, 0.6) is 0 Å². The second kappa shape index (κ2) is 41.1. The highest BCUT2D eigenvalue weighted by Crippen LogP contribution is 2.46. The molecule has 0 radical (unpaired) electrons. The number of nitrogens with one attached hydrogen (secondary N) is 11. The van der Waals surface area contributed by atoms with Crippen molar-refractivity contribution < 1.29 is 70.8 Å². The number of aryl methyl sites for hydroxylation is 10. The van der Waals surface area contributed by atoms with Gasteiger partial charge in [0.2, 0.25) is 50.1 Å². The van der Waals surface area contributed by atoms with E-state index in [9.17, 15) is 66.1 Å². The van der Waals surface area contributed by atoms with Crippen molar-refractivity contribution in [1.29, 1.82) is 5.41 Å². The molecule has 5 aromatic rings. The topological polar surface area (TPSA) is 426 Å². The Morgan fingerprint density at radius 3 is 0.746 bits per heavy atom. The van der Waals surface area contributed by atoms with Gasteiger partial charge >= 0.3 is 30.2 Å². The zero-order chi connectivity index (χ0) is 96.3. The lowest BCUT2D eigenvalue weighted by Gasteiger charge is -2.44. The molecule has 6 heterocycles. The van der Waals surface area contributed by atoms with Crippen LogP contribution in [0, 0.1) is 17.2 Å². The first-order valence-electron chi connectivity index (χ1n) is 51.5. The van der Waals surface area contributed by atoms with Crippen LogP contribution in [0.2, 0.25) is 0 Å². The van der Waals surface area contributed by atoms with Gasteiger partial charge in [-0.05, 0) is 342 Å². The van der Waals surface area contributed by atoms with Gasteiger partial charge in [0.05, 0.1) is 19.0 Å². The fourth-order valence-electron chi connectivity index (χ4n) is 25.2. The molecule has 18 aliphatic rings. The molecule has 32 nitrogen and oxygen atoms in total. The SMILES string of the molecule is CC(=N)N1CC(S(=O)(=O)NC(=O)Nc2c3c(cc4c2CCC4)CCC3)C1.CC(C)CN1CC(S(=O)(=O)NC(=O)Nc2c3c(cc4c2CCC4)CCC3)C1.O=C(Nc1c2c(cc3c1CCC3)CCC2)NS(=O)(=O)C1CN(C2CCCC2)C1.O=C(Nc1c2c(cc3c1CCC3)CCC2)NS(=O)(=O)C1CN(C2CCCCC2)C1.O=C(Nc1c2c(cc3c1CCC3)CCC2)NS(=O)(=O)C1CN(CC2COC2)C1. The predicted octanol–water partition coefficient (Wildman–Crippen LogP) is 11.6. The highest BCUT2D eigenvalue weighted by atomic mass is 32.2. The van der Waals surface area contributed by atoms with E-state index in [-0.39, 0.29) is 13.1 Å². The molecule has 10 amide bonds. The van der Waals surface area contributed by atoms with Crippen LogP contribution in [0.4, 0.5) is 52.4 Å². The van der Waals surface area contributed by atoms with Crippen molar-refractivity contribution >= 4 is 115 Å². The number of carbonyl (C=O) groups excluding carboxylic acids is 5. The summed E-state index contributed by atoms with van der Waals surface area (Å²) in [7, 11) is -18.3. The van der Waals surface area contributed by atoms with Gasteiger partial charge in [-0.3, -0.25) is 15.2 Å². The second-order valence-corrected chi connectivity index (χ2v) is 52.5. The summed E-state index contributed by atoms with van der Waals surface area (Å²) < 4.78 is 142. The van der Waals surface area contributed by atoms with Crippen LogP contribution in [0.3, 0.4) is 0 Å². The molecule has 37 heteroatoms. The maximum absolute atomic E-state index is 12.7. The molecule has 2 saturated carbocycles. The van der Waals surface area contributed by atoms with Gasteiger partial charge in [-0.2, -0.15) is 0 Å². The molecule has 8 fully saturated rings. The van der Waals surface area contributed by atoms with E-state index in [1.807, 2.05) is 0 Å². The first kappa shape index (κ1) is 98.3. The molecule has 6 saturated heterocycles. The number of nitrogens with zero attached hydrogens (tertiary/aromatic N) is 5. The van der Waals surface area contributed by atoms with Crippen LogP contribution in [0.15, 0.2) is 30.3 Å². The minimum Gasteiger partial charge on any atom is -0.381 e. The van der Waals surface area contributed by atoms with Crippen molar-refractivity contribution in [2.45, 2.75) is 310 Å². The molecule has 6 aliphatic heterocycles. The number of amides is 10. The third-order valence-electron chi connectivity index (χ3n) is 32.6. The van der Waals surface area contributed by atoms with Crippen molar-refractivity contribution in [2.75, 3.05) is 118 Å². The Kier molecular flexibility index (Phi) is 29.2. The zero-order valence-electron chi connectivity index (χ0n) is 80.4. The lowest BCUT2D eigenvalue weighted by molar-refractivity contribution is -0.0530. The van der Waals surface area contributed by atoms with Crippen molar-refractivity contribution in [1.82, 2.24) is 48.1 Å². The maximum atomic E-state index is 12.7. The van der Waals surface area contributed by atoms with Gasteiger partial charge in [-0.15, -0.1) is 0 Å². The summed E-state index contributed by atoms with van der Waals surface area (Å²) in [6.45, 7) is 13.8. The molecule has 138 heavy (non-hydrogen) atoms. The molecule has 0 spiro atoms. The Morgan fingerprint density at radius 2 is 0.529 bits per heavy atom. The van der Waals surface area contributed by atoms with Crippen LogP contribution in [0.25, 0.3) is 0 Å². The van der Waals surface area contributed by atoms with Crippen LogP contribution in [0.1, 0.15) is 254 Å². The lowest BCUT2D eigenvalue weighted by atomic mass is 9.92. The minimum absolute atomic E-state index is 0.258. The van der Waals surface area contributed by atoms with E-state index in [0.717, 1.165) is 247 Å². The van der Waals surface area contributed by atoms with Gasteiger partial charge in [-0.25, -0.2) is 89.7 Å². The Bertz CT molecular complexity index is 6030. The number of hydrogen-bond donors (Lipinski definition) is 11. The molecule has 0 unspecified atom stereocenters. The summed E-state index contributed by atoms with van der Waals surface area (Å²) in [6.07, 6.45) is 41.9. The van der Waals surface area contributed by atoms with Crippen LogP contribution < -0.4 is 50.2 Å². The van der Waals surface area contributed by atoms with E-state index >= 15 is 0 Å². The van der Waals surface area contributed by atoms with E-state index in [2.05, 4.69) is 114 Å². The number of fused-ring (bicyclic) bond motifs is 10. The van der Waals surface area contributed by atoms with Crippen molar-refractivity contribution in [3.05, 3.63) is 142 Å². The normalized spacial score (nSPS) is 21.3. The van der Waals surface area contributed by atoms with E-state index in [0.29, 0.717) is 82.1 Å². The third-order valence-corrected chi connectivity index (χ3v) is 40.9. The summed E-state index contributed by atoms with van der Waals surface area (Å²) in [4.78, 5) is 73.2. The number of anilines is 5. The quantitative estimate of drug-likeness (QED) is 0.0240. The summed E-state index contributed by atoms with van der Waals surface area (Å²) in [6, 6.07) is 9.40. The maximum Gasteiger partial charge on any atom is 0.332 e. The fraction of sp³-hybridized carbons (Fsp3) is 0.644. The number of ether oxygens (including phenoxy) is 1. The Labute approximate surface area is 814 Å². The molecule has 23 rings (SSSR count). The van der Waals surface area contributed by atoms with Crippen molar-refractivity contribution in [3.63, 3.8) is 0 Å². The summed E-state index contributed by atoms with van der Waals surface area (Å²) in [5.74, 6) is 1.37. The lowest BCUT2D eigenvalue weighted by Crippen LogP contribution is -2.61. The smallest absolute Gasteiger partial charge is 0.332 e. The molecular formula is C101H140N16O16S5. The molecule has 5 aromatic carbocycles. The van der Waals surface area contributed by atoms with Gasteiger partial charge in [0.1, 0.15) is 26.2 Å². The Hall–Kier alpha value is -8.53. The number of hydrogen-bond acceptors (Lipinski definition) is 21. The molecular weight excluding hydrogens is 1850 g/mol. The zero-order valence-corrected chi connectivity index (χ0v) is 84.5. The summed E-state index contributed by atoms with van der Waals surface area (Å²) in [5, 5.41) is 19.4. The number of carbonyl (C=O) groups is 5. The first-order chi connectivity index (χ1) is 66.2. The van der Waals surface area contributed by atoms with Gasteiger partial charge in [0, 0.05) is 125 Å². The third kappa shape index (κ3) is 21.6. The largest absolute Gasteiger partial charge is 0.381 e. The molecule has 0 bridgehead atoms. The van der Waals surface area contributed by atoms with Crippen LogP contribution in [-0.4, -0.2) is 233 Å². The van der Waals surface area contributed by atoms with E-state index in [4.69, 9.17) is 10.1 Å². The highest BCUT2D eigenvalue weighted by Gasteiger charge is 2.47. The number of urea groups is 5. The van der Waals surface area contributed by atoms with Gasteiger partial charge < -0.3 is 46.0 Å². The molecule has 12 aliphatic carbocycles. The van der Waals surface area contributed by atoms with Gasteiger partial charge in [0.15, 0.2) is 0 Å². The van der Waals surface area contributed by atoms with Crippen LogP contribution in [-0.2, 0) is 183 Å². The monoisotopic (exact) mass is 1990 g/mol. The number of benzene rings is 5. The molecule has 750 valence electrons. The summed E-state index contributed by atoms with van der Waals surface area (Å²) in [5.41, 5.74) is 29.5. The van der Waals surface area contributed by atoms with E-state index in [1.165, 1.54) is 169 Å². The van der Waals surface area contributed by atoms with E-state index < -0.39 is 107 Å². The summed E-state index contributed by atoms with van der Waals surface area (Å²) >= 11 is 0.